The van der Waals surface area contributed by atoms with Gasteiger partial charge >= 0.3 is 5.97 Å². The van der Waals surface area contributed by atoms with E-state index in [1.54, 1.807) is 42.5 Å². The Morgan fingerprint density at radius 2 is 1.71 bits per heavy atom. The molecule has 1 amide bonds. The highest BCUT2D eigenvalue weighted by Crippen LogP contribution is 2.20. The summed E-state index contributed by atoms with van der Waals surface area (Å²) in [4.78, 5) is 23.7. The van der Waals surface area contributed by atoms with Gasteiger partial charge in [-0.25, -0.2) is 4.79 Å². The minimum absolute atomic E-state index is 0.189. The first-order valence-corrected chi connectivity index (χ1v) is 7.47. The smallest absolute Gasteiger partial charge is 0.339 e. The first-order valence-electron chi connectivity index (χ1n) is 7.47. The molecule has 0 fully saturated rings. The second kappa shape index (κ2) is 8.57. The van der Waals surface area contributed by atoms with Crippen molar-refractivity contribution < 1.29 is 23.8 Å². The van der Waals surface area contributed by atoms with E-state index in [-0.39, 0.29) is 18.1 Å². The number of carbonyl (C=O) groups excluding carboxylic acids is 2. The summed E-state index contributed by atoms with van der Waals surface area (Å²) in [7, 11) is 1.29. The van der Waals surface area contributed by atoms with Gasteiger partial charge in [0.2, 0.25) is 0 Å². The lowest BCUT2D eigenvalue weighted by Gasteiger charge is -2.11. The van der Waals surface area contributed by atoms with Crippen LogP contribution >= 0.6 is 0 Å². The molecule has 2 rings (SSSR count). The fourth-order valence-corrected chi connectivity index (χ4v) is 2.04. The molecule has 0 heterocycles. The second-order valence-electron chi connectivity index (χ2n) is 4.78. The van der Waals surface area contributed by atoms with Crippen molar-refractivity contribution in [3.05, 3.63) is 54.1 Å². The Morgan fingerprint density at radius 1 is 1.00 bits per heavy atom. The fourth-order valence-electron chi connectivity index (χ4n) is 2.04. The van der Waals surface area contributed by atoms with Crippen LogP contribution in [0.5, 0.6) is 11.5 Å². The van der Waals surface area contributed by atoms with Gasteiger partial charge in [0.05, 0.1) is 25.0 Å². The lowest BCUT2D eigenvalue weighted by atomic mass is 10.2. The van der Waals surface area contributed by atoms with Crippen LogP contribution in [0, 0.1) is 0 Å². The molecule has 0 saturated carbocycles. The van der Waals surface area contributed by atoms with Crippen molar-refractivity contribution >= 4 is 17.6 Å². The van der Waals surface area contributed by atoms with Crippen molar-refractivity contribution in [3.63, 3.8) is 0 Å². The quantitative estimate of drug-likeness (QED) is 0.791. The van der Waals surface area contributed by atoms with E-state index in [2.05, 4.69) is 10.1 Å². The number of esters is 1. The summed E-state index contributed by atoms with van der Waals surface area (Å²) in [5, 5.41) is 2.64. The predicted molar refractivity (Wildman–Crippen MR) is 89.5 cm³/mol. The van der Waals surface area contributed by atoms with E-state index in [0.717, 1.165) is 0 Å². The molecule has 0 aliphatic rings. The van der Waals surface area contributed by atoms with Gasteiger partial charge in [0.25, 0.3) is 5.91 Å². The largest absolute Gasteiger partial charge is 0.494 e. The van der Waals surface area contributed by atoms with Gasteiger partial charge in [0.1, 0.15) is 11.5 Å². The van der Waals surface area contributed by atoms with Crippen LogP contribution in [0.25, 0.3) is 0 Å². The molecule has 2 aromatic rings. The summed E-state index contributed by atoms with van der Waals surface area (Å²) in [5.41, 5.74) is 0.660. The SMILES string of the molecule is CCOc1cccc(OCC(=O)Nc2ccccc2C(=O)OC)c1. The maximum atomic E-state index is 12.0. The zero-order valence-electron chi connectivity index (χ0n) is 13.6. The molecule has 0 aromatic heterocycles. The summed E-state index contributed by atoms with van der Waals surface area (Å²) >= 11 is 0. The van der Waals surface area contributed by atoms with Gasteiger partial charge in [-0.05, 0) is 31.2 Å². The molecule has 0 spiro atoms. The molecule has 0 aliphatic heterocycles. The number of benzene rings is 2. The molecule has 0 bridgehead atoms. The molecule has 0 unspecified atom stereocenters. The van der Waals surface area contributed by atoms with E-state index in [0.29, 0.717) is 23.8 Å². The molecule has 6 heteroatoms. The Labute approximate surface area is 140 Å². The Kier molecular flexibility index (Phi) is 6.19. The van der Waals surface area contributed by atoms with Crippen molar-refractivity contribution in [3.8, 4) is 11.5 Å². The number of para-hydroxylation sites is 1. The van der Waals surface area contributed by atoms with Gasteiger partial charge < -0.3 is 19.5 Å². The van der Waals surface area contributed by atoms with Gasteiger partial charge in [-0.2, -0.15) is 0 Å². The van der Waals surface area contributed by atoms with E-state index < -0.39 is 5.97 Å². The van der Waals surface area contributed by atoms with Gasteiger partial charge in [-0.3, -0.25) is 4.79 Å². The van der Waals surface area contributed by atoms with E-state index in [1.807, 2.05) is 13.0 Å². The topological polar surface area (TPSA) is 73.9 Å². The van der Waals surface area contributed by atoms with Crippen molar-refractivity contribution in [1.82, 2.24) is 0 Å². The van der Waals surface area contributed by atoms with Gasteiger partial charge in [0.15, 0.2) is 6.61 Å². The minimum Gasteiger partial charge on any atom is -0.494 e. The standard InChI is InChI=1S/C18H19NO5/c1-3-23-13-7-6-8-14(11-13)24-12-17(20)19-16-10-5-4-9-15(16)18(21)22-2/h4-11H,3,12H2,1-2H3,(H,19,20). The average Bonchev–Trinajstić information content (AvgIpc) is 2.60. The molecule has 24 heavy (non-hydrogen) atoms. The predicted octanol–water partition coefficient (Wildman–Crippen LogP) is 2.89. The van der Waals surface area contributed by atoms with Gasteiger partial charge in [-0.1, -0.05) is 18.2 Å². The zero-order chi connectivity index (χ0) is 17.4. The van der Waals surface area contributed by atoms with Crippen LogP contribution in [-0.4, -0.2) is 32.2 Å². The fraction of sp³-hybridized carbons (Fsp3) is 0.222. The van der Waals surface area contributed by atoms with Crippen molar-refractivity contribution in [2.45, 2.75) is 6.92 Å². The maximum Gasteiger partial charge on any atom is 0.339 e. The molecular weight excluding hydrogens is 310 g/mol. The molecule has 6 nitrogen and oxygen atoms in total. The lowest BCUT2D eigenvalue weighted by molar-refractivity contribution is -0.118. The highest BCUT2D eigenvalue weighted by molar-refractivity contribution is 6.01. The summed E-state index contributed by atoms with van der Waals surface area (Å²) in [6.45, 7) is 2.25. The van der Waals surface area contributed by atoms with Crippen LogP contribution in [0.2, 0.25) is 0 Å². The third kappa shape index (κ3) is 4.74. The Morgan fingerprint density at radius 3 is 2.42 bits per heavy atom. The number of hydrogen-bond acceptors (Lipinski definition) is 5. The van der Waals surface area contributed by atoms with Crippen molar-refractivity contribution in [2.75, 3.05) is 25.6 Å². The number of ether oxygens (including phenoxy) is 3. The van der Waals surface area contributed by atoms with E-state index in [9.17, 15) is 9.59 Å². The molecule has 0 saturated heterocycles. The summed E-state index contributed by atoms with van der Waals surface area (Å²) < 4.78 is 15.5. The van der Waals surface area contributed by atoms with Gasteiger partial charge in [0, 0.05) is 6.07 Å². The number of carbonyl (C=O) groups is 2. The Bertz CT molecular complexity index is 714. The number of methoxy groups -OCH3 is 1. The highest BCUT2D eigenvalue weighted by Gasteiger charge is 2.13. The maximum absolute atomic E-state index is 12.0. The van der Waals surface area contributed by atoms with Crippen LogP contribution in [0.1, 0.15) is 17.3 Å². The van der Waals surface area contributed by atoms with E-state index >= 15 is 0 Å². The number of anilines is 1. The first kappa shape index (κ1) is 17.3. The third-order valence-electron chi connectivity index (χ3n) is 3.09. The molecule has 0 radical (unpaired) electrons. The first-order chi connectivity index (χ1) is 11.6. The number of nitrogens with one attached hydrogen (secondary N) is 1. The summed E-state index contributed by atoms with van der Waals surface area (Å²) in [6, 6.07) is 13.6. The van der Waals surface area contributed by atoms with Crippen LogP contribution < -0.4 is 14.8 Å². The van der Waals surface area contributed by atoms with E-state index in [1.165, 1.54) is 7.11 Å². The number of rotatable bonds is 7. The highest BCUT2D eigenvalue weighted by atomic mass is 16.5. The van der Waals surface area contributed by atoms with Crippen LogP contribution in [-0.2, 0) is 9.53 Å². The van der Waals surface area contributed by atoms with E-state index in [4.69, 9.17) is 9.47 Å². The lowest BCUT2D eigenvalue weighted by Crippen LogP contribution is -2.21. The molecule has 1 N–H and O–H groups in total. The van der Waals surface area contributed by atoms with Crippen LogP contribution in [0.4, 0.5) is 5.69 Å². The third-order valence-corrected chi connectivity index (χ3v) is 3.09. The summed E-state index contributed by atoms with van der Waals surface area (Å²) in [5.74, 6) is 0.299. The minimum atomic E-state index is -0.517. The monoisotopic (exact) mass is 329 g/mol. The molecule has 126 valence electrons. The average molecular weight is 329 g/mol. The van der Waals surface area contributed by atoms with Crippen molar-refractivity contribution in [1.29, 1.82) is 0 Å². The van der Waals surface area contributed by atoms with Crippen LogP contribution in [0.15, 0.2) is 48.5 Å². The van der Waals surface area contributed by atoms with Crippen LogP contribution in [0.3, 0.4) is 0 Å². The Hall–Kier alpha value is -3.02. The number of hydrogen-bond donors (Lipinski definition) is 1. The second-order valence-corrected chi connectivity index (χ2v) is 4.78. The summed E-state index contributed by atoms with van der Waals surface area (Å²) in [6.07, 6.45) is 0. The molecule has 0 atom stereocenters. The molecular formula is C18H19NO5. The normalized spacial score (nSPS) is 9.92. The van der Waals surface area contributed by atoms with Crippen molar-refractivity contribution in [2.24, 2.45) is 0 Å². The molecule has 0 aliphatic carbocycles. The number of amides is 1. The Balaban J connectivity index is 1.97. The van der Waals surface area contributed by atoms with Gasteiger partial charge in [-0.15, -0.1) is 0 Å². The molecule has 2 aromatic carbocycles. The zero-order valence-corrected chi connectivity index (χ0v) is 13.6.